The number of hydrogen-bond donors (Lipinski definition) is 1. The molecule has 1 aromatic carbocycles. The molecule has 5 heteroatoms. The minimum atomic E-state index is -0.808. The van der Waals surface area contributed by atoms with Gasteiger partial charge in [-0.1, -0.05) is 6.07 Å². The molecule has 0 fully saturated rings. The van der Waals surface area contributed by atoms with E-state index >= 15 is 0 Å². The Labute approximate surface area is 112 Å². The van der Waals surface area contributed by atoms with Crippen molar-refractivity contribution >= 4 is 0 Å². The Hall–Kier alpha value is -1.04. The van der Waals surface area contributed by atoms with Crippen LogP contribution in [0.25, 0.3) is 0 Å². The van der Waals surface area contributed by atoms with E-state index in [1.807, 2.05) is 0 Å². The molecule has 1 N–H and O–H groups in total. The minimum Gasteiger partial charge on any atom is -0.382 e. The number of nitrogens with one attached hydrogen (secondary N) is 1. The third-order valence-electron chi connectivity index (χ3n) is 2.64. The smallest absolute Gasteiger partial charge is 0.159 e. The van der Waals surface area contributed by atoms with E-state index in [9.17, 15) is 8.78 Å². The van der Waals surface area contributed by atoms with Gasteiger partial charge >= 0.3 is 0 Å². The number of ether oxygens (including phenoxy) is 2. The van der Waals surface area contributed by atoms with Crippen LogP contribution in [0.3, 0.4) is 0 Å². The van der Waals surface area contributed by atoms with Crippen LogP contribution in [0.15, 0.2) is 18.2 Å². The van der Waals surface area contributed by atoms with E-state index in [0.717, 1.165) is 37.6 Å². The zero-order valence-corrected chi connectivity index (χ0v) is 11.3. The molecule has 0 aliphatic heterocycles. The van der Waals surface area contributed by atoms with Crippen molar-refractivity contribution in [2.45, 2.75) is 19.4 Å². The van der Waals surface area contributed by atoms with Crippen molar-refractivity contribution in [1.29, 1.82) is 0 Å². The van der Waals surface area contributed by atoms with Crippen molar-refractivity contribution in [2.75, 3.05) is 33.5 Å². The monoisotopic (exact) mass is 273 g/mol. The first kappa shape index (κ1) is 16.0. The zero-order valence-electron chi connectivity index (χ0n) is 11.3. The molecule has 0 atom stereocenters. The summed E-state index contributed by atoms with van der Waals surface area (Å²) in [6.07, 6.45) is 1.95. The van der Waals surface area contributed by atoms with E-state index in [-0.39, 0.29) is 0 Å². The van der Waals surface area contributed by atoms with Crippen LogP contribution in [0, 0.1) is 11.6 Å². The number of unbranched alkanes of at least 4 members (excludes halogenated alkanes) is 1. The highest BCUT2D eigenvalue weighted by molar-refractivity contribution is 5.17. The lowest BCUT2D eigenvalue weighted by Gasteiger charge is -2.06. The van der Waals surface area contributed by atoms with E-state index in [2.05, 4.69) is 5.32 Å². The van der Waals surface area contributed by atoms with Gasteiger partial charge in [-0.3, -0.25) is 0 Å². The van der Waals surface area contributed by atoms with Crippen molar-refractivity contribution in [1.82, 2.24) is 5.32 Å². The maximum absolute atomic E-state index is 12.9. The van der Waals surface area contributed by atoms with E-state index in [4.69, 9.17) is 9.47 Å². The third-order valence-corrected chi connectivity index (χ3v) is 2.64. The molecule has 1 aromatic rings. The van der Waals surface area contributed by atoms with E-state index in [1.165, 1.54) is 6.07 Å². The predicted molar refractivity (Wildman–Crippen MR) is 70.0 cm³/mol. The summed E-state index contributed by atoms with van der Waals surface area (Å²) in [6.45, 7) is 3.33. The Morgan fingerprint density at radius 2 is 1.89 bits per heavy atom. The summed E-state index contributed by atoms with van der Waals surface area (Å²) in [5, 5.41) is 3.18. The van der Waals surface area contributed by atoms with Crippen LogP contribution in [0.4, 0.5) is 8.78 Å². The molecule has 0 amide bonds. The van der Waals surface area contributed by atoms with Crippen LogP contribution in [0.2, 0.25) is 0 Å². The number of benzene rings is 1. The third kappa shape index (κ3) is 7.20. The first-order valence-corrected chi connectivity index (χ1v) is 6.45. The highest BCUT2D eigenvalue weighted by Gasteiger charge is 2.01. The number of halogens is 2. The lowest BCUT2D eigenvalue weighted by Crippen LogP contribution is -2.15. The molecular weight excluding hydrogens is 252 g/mol. The van der Waals surface area contributed by atoms with E-state index in [0.29, 0.717) is 19.8 Å². The average molecular weight is 273 g/mol. The number of hydrogen-bond acceptors (Lipinski definition) is 3. The number of rotatable bonds is 10. The first-order chi connectivity index (χ1) is 9.24. The topological polar surface area (TPSA) is 30.5 Å². The van der Waals surface area contributed by atoms with Crippen LogP contribution >= 0.6 is 0 Å². The molecule has 0 aliphatic rings. The van der Waals surface area contributed by atoms with Gasteiger partial charge in [0.2, 0.25) is 0 Å². The Morgan fingerprint density at radius 1 is 1.05 bits per heavy atom. The molecular formula is C14H21F2NO2. The van der Waals surface area contributed by atoms with E-state index in [1.54, 1.807) is 13.2 Å². The lowest BCUT2D eigenvalue weighted by atomic mass is 10.2. The largest absolute Gasteiger partial charge is 0.382 e. The molecule has 0 unspecified atom stereocenters. The van der Waals surface area contributed by atoms with Crippen molar-refractivity contribution in [3.05, 3.63) is 35.4 Å². The minimum absolute atomic E-state index is 0.543. The molecule has 0 radical (unpaired) electrons. The maximum Gasteiger partial charge on any atom is 0.159 e. The molecule has 19 heavy (non-hydrogen) atoms. The summed E-state index contributed by atoms with van der Waals surface area (Å²) in [6, 6.07) is 3.95. The number of methoxy groups -OCH3 is 1. The molecule has 108 valence electrons. The fourth-order valence-electron chi connectivity index (χ4n) is 1.58. The SMILES string of the molecule is COCCOCCCCNCc1ccc(F)c(F)c1. The maximum atomic E-state index is 12.9. The summed E-state index contributed by atoms with van der Waals surface area (Å²) >= 11 is 0. The summed E-state index contributed by atoms with van der Waals surface area (Å²) in [4.78, 5) is 0. The summed E-state index contributed by atoms with van der Waals surface area (Å²) in [5.74, 6) is -1.61. The second-order valence-electron chi connectivity index (χ2n) is 4.24. The molecule has 0 saturated heterocycles. The van der Waals surface area contributed by atoms with Crippen LogP contribution in [-0.2, 0) is 16.0 Å². The van der Waals surface area contributed by atoms with E-state index < -0.39 is 11.6 Å². The van der Waals surface area contributed by atoms with Gasteiger partial charge in [-0.15, -0.1) is 0 Å². The second kappa shape index (κ2) is 9.83. The molecule has 0 saturated carbocycles. The van der Waals surface area contributed by atoms with Crippen LogP contribution < -0.4 is 5.32 Å². The predicted octanol–water partition coefficient (Wildman–Crippen LogP) is 2.50. The summed E-state index contributed by atoms with van der Waals surface area (Å²) < 4.78 is 35.8. The zero-order chi connectivity index (χ0) is 13.9. The van der Waals surface area contributed by atoms with Gasteiger partial charge in [0.1, 0.15) is 0 Å². The summed E-state index contributed by atoms with van der Waals surface area (Å²) in [7, 11) is 1.64. The van der Waals surface area contributed by atoms with Gasteiger partial charge in [-0.2, -0.15) is 0 Å². The molecule has 0 spiro atoms. The molecule has 0 aliphatic carbocycles. The standard InChI is InChI=1S/C14H21F2NO2/c1-18-8-9-19-7-3-2-6-17-11-12-4-5-13(15)14(16)10-12/h4-5,10,17H,2-3,6-9,11H2,1H3. The molecule has 3 nitrogen and oxygen atoms in total. The highest BCUT2D eigenvalue weighted by Crippen LogP contribution is 2.08. The Balaban J connectivity index is 2.00. The van der Waals surface area contributed by atoms with Crippen molar-refractivity contribution in [3.8, 4) is 0 Å². The van der Waals surface area contributed by atoms with Crippen LogP contribution in [-0.4, -0.2) is 33.5 Å². The average Bonchev–Trinajstić information content (AvgIpc) is 2.41. The molecule has 0 heterocycles. The van der Waals surface area contributed by atoms with Gasteiger partial charge in [-0.05, 0) is 37.1 Å². The molecule has 0 aromatic heterocycles. The Morgan fingerprint density at radius 3 is 2.63 bits per heavy atom. The second-order valence-corrected chi connectivity index (χ2v) is 4.24. The first-order valence-electron chi connectivity index (χ1n) is 6.45. The highest BCUT2D eigenvalue weighted by atomic mass is 19.2. The Bertz CT molecular complexity index is 361. The van der Waals surface area contributed by atoms with Gasteiger partial charge in [0, 0.05) is 20.3 Å². The fourth-order valence-corrected chi connectivity index (χ4v) is 1.58. The van der Waals surface area contributed by atoms with Crippen molar-refractivity contribution in [3.63, 3.8) is 0 Å². The summed E-state index contributed by atoms with van der Waals surface area (Å²) in [5.41, 5.74) is 0.746. The van der Waals surface area contributed by atoms with Gasteiger partial charge in [0.05, 0.1) is 13.2 Å². The lowest BCUT2D eigenvalue weighted by molar-refractivity contribution is 0.0688. The van der Waals surface area contributed by atoms with Crippen molar-refractivity contribution < 1.29 is 18.3 Å². The normalized spacial score (nSPS) is 10.9. The van der Waals surface area contributed by atoms with Crippen LogP contribution in [0.5, 0.6) is 0 Å². The quantitative estimate of drug-likeness (QED) is 0.664. The Kier molecular flexibility index (Phi) is 8.29. The van der Waals surface area contributed by atoms with Crippen LogP contribution in [0.1, 0.15) is 18.4 Å². The van der Waals surface area contributed by atoms with Gasteiger partial charge in [0.15, 0.2) is 11.6 Å². The van der Waals surface area contributed by atoms with Crippen molar-refractivity contribution in [2.24, 2.45) is 0 Å². The van der Waals surface area contributed by atoms with Gasteiger partial charge in [-0.25, -0.2) is 8.78 Å². The molecule has 0 bridgehead atoms. The van der Waals surface area contributed by atoms with Gasteiger partial charge < -0.3 is 14.8 Å². The van der Waals surface area contributed by atoms with Gasteiger partial charge in [0.25, 0.3) is 0 Å². The fraction of sp³-hybridized carbons (Fsp3) is 0.571. The molecule has 1 rings (SSSR count).